The molecule has 0 amide bonds. The predicted molar refractivity (Wildman–Crippen MR) is 50.9 cm³/mol. The molecule has 0 aromatic carbocycles. The van der Waals surface area contributed by atoms with Crippen LogP contribution < -0.4 is 0 Å². The van der Waals surface area contributed by atoms with Crippen molar-refractivity contribution in [3.63, 3.8) is 0 Å². The highest BCUT2D eigenvalue weighted by molar-refractivity contribution is 5.80. The molecular formula is C11H16O. The zero-order chi connectivity index (χ0) is 8.97. The molecule has 1 aliphatic carbocycles. The van der Waals surface area contributed by atoms with Crippen LogP contribution in [0, 0.1) is 5.92 Å². The number of carbonyl (C=O) groups is 1. The lowest BCUT2D eigenvalue weighted by Crippen LogP contribution is -2.08. The lowest BCUT2D eigenvalue weighted by Gasteiger charge is -2.09. The van der Waals surface area contributed by atoms with E-state index in [2.05, 4.69) is 18.2 Å². The van der Waals surface area contributed by atoms with Gasteiger partial charge in [-0.05, 0) is 26.2 Å². The van der Waals surface area contributed by atoms with Gasteiger partial charge in [0, 0.05) is 5.92 Å². The maximum absolute atomic E-state index is 11.1. The van der Waals surface area contributed by atoms with Crippen LogP contribution in [0.3, 0.4) is 0 Å². The first-order valence-corrected chi connectivity index (χ1v) is 4.56. The molecule has 0 bridgehead atoms. The van der Waals surface area contributed by atoms with Crippen molar-refractivity contribution < 1.29 is 4.79 Å². The molecule has 0 saturated carbocycles. The Kier molecular flexibility index (Phi) is 3.27. The number of Topliss-reactive ketones (excluding diaryl/α,β-unsaturated/α-hetero) is 1. The number of allylic oxidation sites excluding steroid dienone is 4. The first-order chi connectivity index (χ1) is 5.72. The first-order valence-electron chi connectivity index (χ1n) is 4.56. The third kappa shape index (κ3) is 2.33. The molecule has 0 spiro atoms. The molecule has 0 heterocycles. The molecule has 1 rings (SSSR count). The van der Waals surface area contributed by atoms with Crippen molar-refractivity contribution in [1.82, 2.24) is 0 Å². The smallest absolute Gasteiger partial charge is 0.136 e. The molecule has 0 aliphatic heterocycles. The molecule has 1 nitrogen and oxygen atoms in total. The summed E-state index contributed by atoms with van der Waals surface area (Å²) in [6.45, 7) is 3.66. The fraction of sp³-hybridized carbons (Fsp3) is 0.545. The number of ketones is 1. The van der Waals surface area contributed by atoms with Crippen LogP contribution >= 0.6 is 0 Å². The molecule has 0 N–H and O–H groups in total. The third-order valence-corrected chi connectivity index (χ3v) is 2.43. The van der Waals surface area contributed by atoms with E-state index in [4.69, 9.17) is 0 Å². The molecule has 0 fully saturated rings. The van der Waals surface area contributed by atoms with Gasteiger partial charge in [-0.3, -0.25) is 4.79 Å². The topological polar surface area (TPSA) is 17.1 Å². The Hall–Kier alpha value is -0.850. The second-order valence-electron chi connectivity index (χ2n) is 3.36. The van der Waals surface area contributed by atoms with Crippen LogP contribution in [0.2, 0.25) is 0 Å². The zero-order valence-corrected chi connectivity index (χ0v) is 7.84. The average molecular weight is 164 g/mol. The summed E-state index contributed by atoms with van der Waals surface area (Å²) in [7, 11) is 0. The quantitative estimate of drug-likeness (QED) is 0.573. The Morgan fingerprint density at radius 3 is 2.83 bits per heavy atom. The summed E-state index contributed by atoms with van der Waals surface area (Å²) < 4.78 is 0. The molecule has 1 unspecified atom stereocenters. The number of carbonyl (C=O) groups excluding carboxylic acids is 1. The predicted octanol–water partition coefficient (Wildman–Crippen LogP) is 2.88. The van der Waals surface area contributed by atoms with Crippen LogP contribution in [0.1, 0.15) is 33.1 Å². The van der Waals surface area contributed by atoms with Crippen molar-refractivity contribution in [3.8, 4) is 0 Å². The van der Waals surface area contributed by atoms with E-state index >= 15 is 0 Å². The maximum atomic E-state index is 11.1. The number of rotatable bonds is 2. The van der Waals surface area contributed by atoms with Crippen LogP contribution in [0.4, 0.5) is 0 Å². The van der Waals surface area contributed by atoms with Crippen LogP contribution in [-0.4, -0.2) is 5.78 Å². The van der Waals surface area contributed by atoms with Crippen LogP contribution in [0.15, 0.2) is 23.8 Å². The summed E-state index contributed by atoms with van der Waals surface area (Å²) in [5.74, 6) is 0.393. The second-order valence-corrected chi connectivity index (χ2v) is 3.36. The minimum atomic E-state index is 0.118. The fourth-order valence-corrected chi connectivity index (χ4v) is 1.40. The van der Waals surface area contributed by atoms with E-state index in [-0.39, 0.29) is 11.7 Å². The fourth-order valence-electron chi connectivity index (χ4n) is 1.40. The van der Waals surface area contributed by atoms with Gasteiger partial charge in [-0.1, -0.05) is 30.7 Å². The number of hydrogen-bond donors (Lipinski definition) is 0. The van der Waals surface area contributed by atoms with E-state index in [1.54, 1.807) is 6.92 Å². The lowest BCUT2D eigenvalue weighted by molar-refractivity contribution is -0.119. The largest absolute Gasteiger partial charge is 0.299 e. The summed E-state index contributed by atoms with van der Waals surface area (Å²) in [5, 5.41) is 0. The summed E-state index contributed by atoms with van der Waals surface area (Å²) in [4.78, 5) is 11.1. The maximum Gasteiger partial charge on any atom is 0.136 e. The molecule has 0 aromatic rings. The Morgan fingerprint density at radius 1 is 1.42 bits per heavy atom. The Morgan fingerprint density at radius 2 is 2.17 bits per heavy atom. The average Bonchev–Trinajstić information content (AvgIpc) is 2.30. The van der Waals surface area contributed by atoms with Crippen molar-refractivity contribution in [2.24, 2.45) is 5.92 Å². The molecule has 0 radical (unpaired) electrons. The second kappa shape index (κ2) is 4.24. The van der Waals surface area contributed by atoms with Gasteiger partial charge in [0.25, 0.3) is 0 Å². The minimum absolute atomic E-state index is 0.118. The summed E-state index contributed by atoms with van der Waals surface area (Å²) in [6.07, 6.45) is 9.74. The van der Waals surface area contributed by atoms with E-state index in [1.807, 2.05) is 6.92 Å². The summed E-state index contributed by atoms with van der Waals surface area (Å²) in [6, 6.07) is 0. The van der Waals surface area contributed by atoms with Gasteiger partial charge in [-0.2, -0.15) is 0 Å². The Labute approximate surface area is 74.2 Å². The molecule has 1 atom stereocenters. The van der Waals surface area contributed by atoms with Crippen molar-refractivity contribution in [2.75, 3.05) is 0 Å². The minimum Gasteiger partial charge on any atom is -0.299 e. The van der Waals surface area contributed by atoms with Crippen molar-refractivity contribution in [3.05, 3.63) is 23.8 Å². The van der Waals surface area contributed by atoms with E-state index in [1.165, 1.54) is 5.57 Å². The Balaban J connectivity index is 2.66. The van der Waals surface area contributed by atoms with Gasteiger partial charge >= 0.3 is 0 Å². The summed E-state index contributed by atoms with van der Waals surface area (Å²) in [5.41, 5.74) is 1.29. The zero-order valence-electron chi connectivity index (χ0n) is 7.84. The SMILES string of the molecule is CC(=O)C(C)C1=CCCC=CC1. The van der Waals surface area contributed by atoms with Gasteiger partial charge in [0.1, 0.15) is 5.78 Å². The third-order valence-electron chi connectivity index (χ3n) is 2.43. The summed E-state index contributed by atoms with van der Waals surface area (Å²) >= 11 is 0. The lowest BCUT2D eigenvalue weighted by atomic mass is 9.94. The van der Waals surface area contributed by atoms with Gasteiger partial charge in [-0.15, -0.1) is 0 Å². The monoisotopic (exact) mass is 164 g/mol. The van der Waals surface area contributed by atoms with E-state index in [0.717, 1.165) is 19.3 Å². The van der Waals surface area contributed by atoms with E-state index < -0.39 is 0 Å². The van der Waals surface area contributed by atoms with Crippen molar-refractivity contribution in [1.29, 1.82) is 0 Å². The van der Waals surface area contributed by atoms with Crippen LogP contribution in [-0.2, 0) is 4.79 Å². The van der Waals surface area contributed by atoms with E-state index in [9.17, 15) is 4.79 Å². The molecule has 0 saturated heterocycles. The van der Waals surface area contributed by atoms with E-state index in [0.29, 0.717) is 0 Å². The molecular weight excluding hydrogens is 148 g/mol. The molecule has 1 heteroatoms. The van der Waals surface area contributed by atoms with Crippen molar-refractivity contribution >= 4 is 5.78 Å². The highest BCUT2D eigenvalue weighted by Gasteiger charge is 2.12. The van der Waals surface area contributed by atoms with Crippen LogP contribution in [0.5, 0.6) is 0 Å². The van der Waals surface area contributed by atoms with Gasteiger partial charge in [-0.25, -0.2) is 0 Å². The molecule has 1 aliphatic rings. The van der Waals surface area contributed by atoms with Gasteiger partial charge in [0.2, 0.25) is 0 Å². The number of hydrogen-bond acceptors (Lipinski definition) is 1. The van der Waals surface area contributed by atoms with Gasteiger partial charge in [0.15, 0.2) is 0 Å². The highest BCUT2D eigenvalue weighted by Crippen LogP contribution is 2.20. The van der Waals surface area contributed by atoms with Crippen molar-refractivity contribution in [2.45, 2.75) is 33.1 Å². The highest BCUT2D eigenvalue weighted by atomic mass is 16.1. The molecule has 0 aromatic heterocycles. The normalized spacial score (nSPS) is 19.7. The van der Waals surface area contributed by atoms with Gasteiger partial charge in [0.05, 0.1) is 0 Å². The standard InChI is InChI=1S/C11H16O/c1-9(10(2)12)11-7-5-3-4-6-8-11/h3,5,8-9H,4,6-7H2,1-2H3. The Bertz CT molecular complexity index is 223. The molecule has 66 valence electrons. The first kappa shape index (κ1) is 9.24. The molecule has 12 heavy (non-hydrogen) atoms. The van der Waals surface area contributed by atoms with Gasteiger partial charge < -0.3 is 0 Å². The van der Waals surface area contributed by atoms with Crippen LogP contribution in [0.25, 0.3) is 0 Å².